The van der Waals surface area contributed by atoms with Crippen LogP contribution in [0.4, 0.5) is 29.2 Å². The number of nitrogens with zero attached hydrogens (tertiary/aromatic N) is 5. The number of hydrogen-bond acceptors (Lipinski definition) is 9. The average Bonchev–Trinajstić information content (AvgIpc) is 2.87. The smallest absolute Gasteiger partial charge is 0.417 e. The lowest BCUT2D eigenvalue weighted by atomic mass is 9.72. The molecule has 0 unspecified atom stereocenters. The normalized spacial score (nSPS) is 24.2. The van der Waals surface area contributed by atoms with E-state index in [-0.39, 0.29) is 29.4 Å². The van der Waals surface area contributed by atoms with Crippen molar-refractivity contribution in [1.82, 2.24) is 20.2 Å². The van der Waals surface area contributed by atoms with Gasteiger partial charge in [-0.1, -0.05) is 13.8 Å². The number of rotatable bonds is 9. The molecule has 0 aliphatic heterocycles. The third kappa shape index (κ3) is 5.90. The summed E-state index contributed by atoms with van der Waals surface area (Å²) >= 11 is 0. The fraction of sp³-hybridized carbons (Fsp3) is 0.481. The predicted octanol–water partition coefficient (Wildman–Crippen LogP) is 4.34. The molecule has 0 radical (unpaired) electrons. The van der Waals surface area contributed by atoms with Crippen molar-refractivity contribution in [2.45, 2.75) is 74.1 Å². The first kappa shape index (κ1) is 30.0. The highest BCUT2D eigenvalue weighted by atomic mass is 32.2. The summed E-state index contributed by atoms with van der Waals surface area (Å²) < 4.78 is 84.4. The van der Waals surface area contributed by atoms with Crippen LogP contribution in [0, 0.1) is 11.7 Å². The number of benzene rings is 1. The Labute approximate surface area is 240 Å². The van der Waals surface area contributed by atoms with Crippen molar-refractivity contribution in [2.24, 2.45) is 11.1 Å². The molecule has 2 fully saturated rings. The minimum atomic E-state index is -4.87. The Morgan fingerprint density at radius 1 is 1.17 bits per heavy atom. The highest BCUT2D eigenvalue weighted by Gasteiger charge is 2.63. The maximum atomic E-state index is 15.1. The topological polar surface area (TPSA) is 144 Å². The van der Waals surface area contributed by atoms with E-state index in [4.69, 9.17) is 9.88 Å². The first-order valence-electron chi connectivity index (χ1n) is 13.3. The summed E-state index contributed by atoms with van der Waals surface area (Å²) in [5, 5.41) is 23.1. The molecular weight excluding hydrogens is 580 g/mol. The van der Waals surface area contributed by atoms with E-state index in [0.717, 1.165) is 41.0 Å². The van der Waals surface area contributed by atoms with Gasteiger partial charge in [-0.3, -0.25) is 0 Å². The van der Waals surface area contributed by atoms with Crippen LogP contribution in [0.5, 0.6) is 5.88 Å². The Kier molecular flexibility index (Phi) is 7.87. The van der Waals surface area contributed by atoms with Crippen LogP contribution in [0.15, 0.2) is 47.8 Å². The van der Waals surface area contributed by atoms with Crippen molar-refractivity contribution in [3.8, 4) is 5.88 Å². The van der Waals surface area contributed by atoms with Gasteiger partial charge in [0.1, 0.15) is 5.82 Å². The average molecular weight is 611 g/mol. The van der Waals surface area contributed by atoms with E-state index >= 15 is 4.39 Å². The van der Waals surface area contributed by atoms with Gasteiger partial charge in [-0.25, -0.2) is 27.9 Å². The standard InChI is InChI=1S/C27H30F4N6O4S/c1-15(2)21-5-6-35-36-24(21)41-14-16-7-17(8-16)18-12-33-25(34-13-18)37(19-10-26(38,11-19)27(29,30)31)23-4-3-20(9-22(23)28)42(32,39)40/h3-6,9,12-13,15-17,19,38H,7-8,10-11,14H2,1-2H3,(H2,32,39,40). The van der Waals surface area contributed by atoms with Gasteiger partial charge in [0, 0.05) is 36.8 Å². The molecular formula is C27H30F4N6O4S. The van der Waals surface area contributed by atoms with Crippen molar-refractivity contribution in [3.05, 3.63) is 59.8 Å². The molecule has 0 atom stereocenters. The van der Waals surface area contributed by atoms with Crippen molar-refractivity contribution in [2.75, 3.05) is 11.5 Å². The minimum Gasteiger partial charge on any atom is -0.476 e. The summed E-state index contributed by atoms with van der Waals surface area (Å²) in [5.41, 5.74) is -1.39. The second-order valence-corrected chi connectivity index (χ2v) is 12.8. The number of anilines is 2. The molecule has 1 aromatic carbocycles. The van der Waals surface area contributed by atoms with Gasteiger partial charge in [0.2, 0.25) is 21.9 Å². The van der Waals surface area contributed by atoms with Gasteiger partial charge in [0.15, 0.2) is 5.60 Å². The lowest BCUT2D eigenvalue weighted by molar-refractivity contribution is -0.289. The first-order valence-corrected chi connectivity index (χ1v) is 14.9. The van der Waals surface area contributed by atoms with Gasteiger partial charge < -0.3 is 14.7 Å². The molecule has 0 spiro atoms. The zero-order chi connectivity index (χ0) is 30.4. The van der Waals surface area contributed by atoms with Crippen molar-refractivity contribution < 1.29 is 35.8 Å². The fourth-order valence-electron chi connectivity index (χ4n) is 5.35. The molecule has 3 N–H and O–H groups in total. The Bertz CT molecular complexity index is 1540. The molecule has 226 valence electrons. The molecule has 2 saturated carbocycles. The van der Waals surface area contributed by atoms with E-state index in [1.165, 1.54) is 0 Å². The predicted molar refractivity (Wildman–Crippen MR) is 143 cm³/mol. The molecule has 2 heterocycles. The number of primary sulfonamides is 1. The lowest BCUT2D eigenvalue weighted by Gasteiger charge is -2.48. The van der Waals surface area contributed by atoms with E-state index in [2.05, 4.69) is 20.2 Å². The minimum absolute atomic E-state index is 0.0849. The van der Waals surface area contributed by atoms with Gasteiger partial charge in [0.25, 0.3) is 0 Å². The van der Waals surface area contributed by atoms with Crippen LogP contribution in [-0.2, 0) is 10.0 Å². The van der Waals surface area contributed by atoms with E-state index in [1.807, 2.05) is 19.9 Å². The van der Waals surface area contributed by atoms with Crippen LogP contribution in [0.25, 0.3) is 0 Å². The number of aliphatic hydroxyl groups is 1. The van der Waals surface area contributed by atoms with Crippen LogP contribution < -0.4 is 14.8 Å². The highest BCUT2D eigenvalue weighted by Crippen LogP contribution is 2.50. The van der Waals surface area contributed by atoms with Crippen LogP contribution in [-0.4, -0.2) is 58.1 Å². The Morgan fingerprint density at radius 3 is 2.40 bits per heavy atom. The summed E-state index contributed by atoms with van der Waals surface area (Å²) in [5.74, 6) is 0.0381. The number of halogens is 4. The van der Waals surface area contributed by atoms with Crippen LogP contribution in [0.3, 0.4) is 0 Å². The quantitative estimate of drug-likeness (QED) is 0.338. The maximum absolute atomic E-state index is 15.1. The second-order valence-electron chi connectivity index (χ2n) is 11.2. The first-order chi connectivity index (χ1) is 19.7. The third-order valence-corrected chi connectivity index (χ3v) is 8.83. The monoisotopic (exact) mass is 610 g/mol. The molecule has 0 amide bonds. The number of nitrogens with two attached hydrogens (primary N) is 1. The SMILES string of the molecule is CC(C)c1ccnnc1OCC1CC(c2cnc(N(c3ccc(S(N)(=O)=O)cc3F)C3CC(O)(C(F)(F)F)C3)nc2)C1. The van der Waals surface area contributed by atoms with E-state index in [1.54, 1.807) is 18.6 Å². The highest BCUT2D eigenvalue weighted by molar-refractivity contribution is 7.89. The number of aromatic nitrogens is 4. The Hall–Kier alpha value is -3.43. The maximum Gasteiger partial charge on any atom is 0.417 e. The van der Waals surface area contributed by atoms with Gasteiger partial charge in [-0.15, -0.1) is 5.10 Å². The molecule has 0 bridgehead atoms. The van der Waals surface area contributed by atoms with Gasteiger partial charge in [-0.2, -0.15) is 18.3 Å². The number of ether oxygens (including phenoxy) is 1. The molecule has 5 rings (SSSR count). The van der Waals surface area contributed by atoms with Crippen LogP contribution in [0.2, 0.25) is 0 Å². The van der Waals surface area contributed by atoms with Crippen molar-refractivity contribution in [1.29, 1.82) is 0 Å². The number of hydrogen-bond donors (Lipinski definition) is 2. The summed E-state index contributed by atoms with van der Waals surface area (Å²) in [6.45, 7) is 4.56. The second kappa shape index (κ2) is 11.0. The molecule has 2 aliphatic rings. The zero-order valence-corrected chi connectivity index (χ0v) is 23.6. The molecule has 2 aliphatic carbocycles. The van der Waals surface area contributed by atoms with Gasteiger partial charge in [0.05, 0.1) is 23.4 Å². The Morgan fingerprint density at radius 2 is 1.83 bits per heavy atom. The lowest BCUT2D eigenvalue weighted by Crippen LogP contribution is -2.61. The molecule has 2 aromatic heterocycles. The molecule has 42 heavy (non-hydrogen) atoms. The largest absolute Gasteiger partial charge is 0.476 e. The van der Waals surface area contributed by atoms with E-state index in [0.29, 0.717) is 18.6 Å². The van der Waals surface area contributed by atoms with Gasteiger partial charge in [-0.05, 0) is 60.4 Å². The van der Waals surface area contributed by atoms with Crippen LogP contribution >= 0.6 is 0 Å². The number of sulfonamides is 1. The van der Waals surface area contributed by atoms with E-state index < -0.39 is 51.4 Å². The van der Waals surface area contributed by atoms with Crippen molar-refractivity contribution in [3.63, 3.8) is 0 Å². The molecule has 3 aromatic rings. The van der Waals surface area contributed by atoms with Crippen molar-refractivity contribution >= 4 is 21.7 Å². The Balaban J connectivity index is 1.30. The zero-order valence-electron chi connectivity index (χ0n) is 22.8. The summed E-state index contributed by atoms with van der Waals surface area (Å²) in [4.78, 5) is 9.30. The summed E-state index contributed by atoms with van der Waals surface area (Å²) in [6.07, 6.45) is -0.0439. The summed E-state index contributed by atoms with van der Waals surface area (Å²) in [6, 6.07) is 3.70. The molecule has 15 heteroatoms. The fourth-order valence-corrected chi connectivity index (χ4v) is 5.87. The van der Waals surface area contributed by atoms with Crippen LogP contribution in [0.1, 0.15) is 62.5 Å². The van der Waals surface area contributed by atoms with E-state index in [9.17, 15) is 26.7 Å². The molecule has 10 nitrogen and oxygen atoms in total. The third-order valence-electron chi connectivity index (χ3n) is 7.92. The molecule has 0 saturated heterocycles. The summed E-state index contributed by atoms with van der Waals surface area (Å²) in [7, 11) is -4.22. The van der Waals surface area contributed by atoms with Gasteiger partial charge >= 0.3 is 6.18 Å². The number of alkyl halides is 3.